The molecule has 0 rings (SSSR count). The van der Waals surface area contributed by atoms with Crippen molar-refractivity contribution < 1.29 is 24.5 Å². The van der Waals surface area contributed by atoms with Gasteiger partial charge in [-0.15, -0.1) is 6.58 Å². The summed E-state index contributed by atoms with van der Waals surface area (Å²) in [6, 6.07) is 0. The second kappa shape index (κ2) is 12.3. The second-order valence-electron chi connectivity index (χ2n) is 4.71. The van der Waals surface area contributed by atoms with Crippen molar-refractivity contribution in [3.8, 4) is 0 Å². The van der Waals surface area contributed by atoms with Crippen molar-refractivity contribution in [2.24, 2.45) is 5.92 Å². The standard InChI is InChI=1S/C14H26N2O5/c1-3-4-12(14(20)16-10-11(2)18)9-13(19)15-5-7-21-8-6-17/h3,11-12,17-18H,1,4-10H2,2H3,(H,15,19)(H,16,20)/t11-,12-/m0/s1. The van der Waals surface area contributed by atoms with E-state index in [2.05, 4.69) is 17.2 Å². The van der Waals surface area contributed by atoms with Crippen molar-refractivity contribution in [1.82, 2.24) is 10.6 Å². The molecule has 7 nitrogen and oxygen atoms in total. The average Bonchev–Trinajstić information content (AvgIpc) is 2.44. The lowest BCUT2D eigenvalue weighted by molar-refractivity contribution is -0.130. The zero-order valence-corrected chi connectivity index (χ0v) is 12.5. The van der Waals surface area contributed by atoms with E-state index in [4.69, 9.17) is 14.9 Å². The lowest BCUT2D eigenvalue weighted by atomic mass is 10.00. The number of hydrogen-bond donors (Lipinski definition) is 4. The minimum absolute atomic E-state index is 0.0532. The molecule has 0 heterocycles. The topological polar surface area (TPSA) is 108 Å². The van der Waals surface area contributed by atoms with E-state index >= 15 is 0 Å². The number of nitrogens with one attached hydrogen (secondary N) is 2. The van der Waals surface area contributed by atoms with Crippen LogP contribution in [0.25, 0.3) is 0 Å². The van der Waals surface area contributed by atoms with Crippen LogP contribution in [0, 0.1) is 5.92 Å². The molecule has 122 valence electrons. The molecule has 0 radical (unpaired) electrons. The highest BCUT2D eigenvalue weighted by atomic mass is 16.5. The van der Waals surface area contributed by atoms with E-state index in [0.717, 1.165) is 0 Å². The van der Waals surface area contributed by atoms with Crippen molar-refractivity contribution in [2.75, 3.05) is 32.9 Å². The van der Waals surface area contributed by atoms with Crippen LogP contribution in [0.1, 0.15) is 19.8 Å². The minimum atomic E-state index is -0.629. The molecular weight excluding hydrogens is 276 g/mol. The summed E-state index contributed by atoms with van der Waals surface area (Å²) in [5.74, 6) is -1.02. The smallest absolute Gasteiger partial charge is 0.224 e. The van der Waals surface area contributed by atoms with Gasteiger partial charge in [0.05, 0.1) is 31.8 Å². The molecule has 0 saturated heterocycles. The highest BCUT2D eigenvalue weighted by molar-refractivity contribution is 5.85. The van der Waals surface area contributed by atoms with Gasteiger partial charge in [0.15, 0.2) is 0 Å². The molecular formula is C14H26N2O5. The Hall–Kier alpha value is -1.44. The highest BCUT2D eigenvalue weighted by Crippen LogP contribution is 2.09. The third-order valence-corrected chi connectivity index (χ3v) is 2.63. The van der Waals surface area contributed by atoms with Crippen molar-refractivity contribution >= 4 is 11.8 Å². The predicted octanol–water partition coefficient (Wildman–Crippen LogP) is -0.809. The number of allylic oxidation sites excluding steroid dienone is 1. The van der Waals surface area contributed by atoms with Gasteiger partial charge in [-0.3, -0.25) is 9.59 Å². The van der Waals surface area contributed by atoms with Crippen LogP contribution in [0.5, 0.6) is 0 Å². The summed E-state index contributed by atoms with van der Waals surface area (Å²) >= 11 is 0. The summed E-state index contributed by atoms with van der Waals surface area (Å²) in [5.41, 5.74) is 0. The Morgan fingerprint density at radius 3 is 2.62 bits per heavy atom. The van der Waals surface area contributed by atoms with Gasteiger partial charge in [-0.05, 0) is 13.3 Å². The van der Waals surface area contributed by atoms with Gasteiger partial charge in [0.2, 0.25) is 11.8 Å². The maximum atomic E-state index is 11.9. The van der Waals surface area contributed by atoms with Crippen LogP contribution in [0.3, 0.4) is 0 Å². The predicted molar refractivity (Wildman–Crippen MR) is 78.5 cm³/mol. The van der Waals surface area contributed by atoms with Gasteiger partial charge in [-0.1, -0.05) is 6.08 Å². The Morgan fingerprint density at radius 2 is 2.05 bits per heavy atom. The fourth-order valence-electron chi connectivity index (χ4n) is 1.60. The zero-order chi connectivity index (χ0) is 16.1. The van der Waals surface area contributed by atoms with Gasteiger partial charge in [0.1, 0.15) is 0 Å². The van der Waals surface area contributed by atoms with Crippen molar-refractivity contribution in [2.45, 2.75) is 25.9 Å². The molecule has 0 aliphatic heterocycles. The average molecular weight is 302 g/mol. The lowest BCUT2D eigenvalue weighted by Gasteiger charge is -2.16. The Morgan fingerprint density at radius 1 is 1.33 bits per heavy atom. The normalized spacial score (nSPS) is 13.3. The van der Waals surface area contributed by atoms with E-state index in [1.807, 2.05) is 0 Å². The fourth-order valence-corrected chi connectivity index (χ4v) is 1.60. The zero-order valence-electron chi connectivity index (χ0n) is 12.5. The van der Waals surface area contributed by atoms with E-state index in [-0.39, 0.29) is 38.0 Å². The van der Waals surface area contributed by atoms with Crippen LogP contribution in [0.15, 0.2) is 12.7 Å². The molecule has 0 aromatic rings. The number of aliphatic hydroxyl groups excluding tert-OH is 2. The van der Waals surface area contributed by atoms with E-state index in [1.165, 1.54) is 0 Å². The van der Waals surface area contributed by atoms with Crippen LogP contribution < -0.4 is 10.6 Å². The van der Waals surface area contributed by atoms with Crippen LogP contribution in [0.2, 0.25) is 0 Å². The van der Waals surface area contributed by atoms with Gasteiger partial charge in [-0.2, -0.15) is 0 Å². The molecule has 0 saturated carbocycles. The summed E-state index contributed by atoms with van der Waals surface area (Å²) in [4.78, 5) is 23.6. The SMILES string of the molecule is C=CC[C@@H](CC(=O)NCCOCCO)C(=O)NC[C@H](C)O. The molecule has 2 atom stereocenters. The van der Waals surface area contributed by atoms with Crippen molar-refractivity contribution in [3.05, 3.63) is 12.7 Å². The van der Waals surface area contributed by atoms with Crippen LogP contribution in [-0.2, 0) is 14.3 Å². The number of hydrogen-bond acceptors (Lipinski definition) is 5. The Kier molecular flexibility index (Phi) is 11.5. The minimum Gasteiger partial charge on any atom is -0.394 e. The monoisotopic (exact) mass is 302 g/mol. The number of aliphatic hydroxyl groups is 2. The second-order valence-corrected chi connectivity index (χ2v) is 4.71. The number of rotatable bonds is 12. The molecule has 0 aromatic carbocycles. The third-order valence-electron chi connectivity index (χ3n) is 2.63. The molecule has 7 heteroatoms. The number of carbonyl (C=O) groups excluding carboxylic acids is 2. The molecule has 0 bridgehead atoms. The first-order valence-corrected chi connectivity index (χ1v) is 7.03. The van der Waals surface area contributed by atoms with Gasteiger partial charge in [0.25, 0.3) is 0 Å². The maximum absolute atomic E-state index is 11.9. The molecule has 0 unspecified atom stereocenters. The van der Waals surface area contributed by atoms with Crippen molar-refractivity contribution in [1.29, 1.82) is 0 Å². The van der Waals surface area contributed by atoms with E-state index in [1.54, 1.807) is 13.0 Å². The first-order chi connectivity index (χ1) is 10.0. The fraction of sp³-hybridized carbons (Fsp3) is 0.714. The van der Waals surface area contributed by atoms with E-state index in [9.17, 15) is 9.59 Å². The van der Waals surface area contributed by atoms with Crippen molar-refractivity contribution in [3.63, 3.8) is 0 Å². The van der Waals surface area contributed by atoms with Crippen LogP contribution in [-0.4, -0.2) is 61.0 Å². The van der Waals surface area contributed by atoms with Gasteiger partial charge in [-0.25, -0.2) is 0 Å². The van der Waals surface area contributed by atoms with Crippen LogP contribution >= 0.6 is 0 Å². The molecule has 0 spiro atoms. The Balaban J connectivity index is 4.08. The van der Waals surface area contributed by atoms with Gasteiger partial charge in [0, 0.05) is 19.5 Å². The number of carbonyl (C=O) groups is 2. The summed E-state index contributed by atoms with van der Waals surface area (Å²) < 4.78 is 5.01. The largest absolute Gasteiger partial charge is 0.394 e. The molecule has 0 aromatic heterocycles. The summed E-state index contributed by atoms with van der Waals surface area (Å²) in [6.45, 7) is 6.12. The molecule has 0 aliphatic carbocycles. The molecule has 0 fully saturated rings. The number of amides is 2. The summed E-state index contributed by atoms with van der Waals surface area (Å²) in [6.07, 6.45) is 1.40. The summed E-state index contributed by atoms with van der Waals surface area (Å²) in [7, 11) is 0. The molecule has 4 N–H and O–H groups in total. The Bertz CT molecular complexity index is 320. The van der Waals surface area contributed by atoms with E-state index in [0.29, 0.717) is 19.6 Å². The van der Waals surface area contributed by atoms with E-state index < -0.39 is 12.0 Å². The highest BCUT2D eigenvalue weighted by Gasteiger charge is 2.20. The molecule has 2 amide bonds. The lowest BCUT2D eigenvalue weighted by Crippen LogP contribution is -2.38. The van der Waals surface area contributed by atoms with Gasteiger partial charge < -0.3 is 25.6 Å². The van der Waals surface area contributed by atoms with Crippen LogP contribution in [0.4, 0.5) is 0 Å². The third kappa shape index (κ3) is 10.9. The maximum Gasteiger partial charge on any atom is 0.224 e. The summed E-state index contributed by atoms with van der Waals surface area (Å²) in [5, 5.41) is 22.9. The number of ether oxygens (including phenoxy) is 1. The molecule has 21 heavy (non-hydrogen) atoms. The quantitative estimate of drug-likeness (QED) is 0.279. The first kappa shape index (κ1) is 19.6. The first-order valence-electron chi connectivity index (χ1n) is 7.03. The Labute approximate surface area is 125 Å². The van der Waals surface area contributed by atoms with Gasteiger partial charge >= 0.3 is 0 Å². The molecule has 0 aliphatic rings.